The highest BCUT2D eigenvalue weighted by Crippen LogP contribution is 2.18. The van der Waals surface area contributed by atoms with E-state index in [4.69, 9.17) is 11.6 Å². The zero-order valence-electron chi connectivity index (χ0n) is 4.37. The second-order valence-electron chi connectivity index (χ2n) is 1.56. The molecule has 0 unspecified atom stereocenters. The van der Waals surface area contributed by atoms with E-state index < -0.39 is 5.82 Å². The minimum absolute atomic E-state index is 0. The lowest BCUT2D eigenvalue weighted by molar-refractivity contribution is 0.627. The molecule has 0 N–H and O–H groups in total. The van der Waals surface area contributed by atoms with E-state index in [2.05, 4.69) is 15.9 Å². The summed E-state index contributed by atoms with van der Waals surface area (Å²) < 4.78 is 13.1. The Morgan fingerprint density at radius 3 is 2.40 bits per heavy atom. The van der Waals surface area contributed by atoms with Gasteiger partial charge in [0.15, 0.2) is 0 Å². The lowest BCUT2D eigenvalue weighted by atomic mass is 10.3. The summed E-state index contributed by atoms with van der Waals surface area (Å²) in [7, 11) is 0. The highest BCUT2D eigenvalue weighted by molar-refractivity contribution is 9.10. The maximum Gasteiger partial charge on any atom is 0.316 e. The second-order valence-corrected chi connectivity index (χ2v) is 2.88. The molecular weight excluding hydrogens is 231 g/mol. The van der Waals surface area contributed by atoms with Gasteiger partial charge in [-0.3, -0.25) is 0 Å². The van der Waals surface area contributed by atoms with Gasteiger partial charge in [0.25, 0.3) is 0 Å². The fourth-order valence-corrected chi connectivity index (χ4v) is 0.921. The minimum Gasteiger partial charge on any atom is -0.205 e. The maximum atomic E-state index is 12.4. The molecule has 0 bridgehead atoms. The Labute approximate surface area is 88.0 Å². The van der Waals surface area contributed by atoms with Crippen LogP contribution in [0.2, 0.25) is 5.02 Å². The SMILES string of the molecule is Fc1cc(Br)ccc1Cl.[MgH2]. The number of benzene rings is 1. The summed E-state index contributed by atoms with van der Waals surface area (Å²) in [6.07, 6.45) is 0. The molecule has 0 aliphatic carbocycles. The van der Waals surface area contributed by atoms with Crippen molar-refractivity contribution in [2.24, 2.45) is 0 Å². The molecule has 10 heavy (non-hydrogen) atoms. The molecule has 0 heterocycles. The van der Waals surface area contributed by atoms with E-state index in [1.54, 1.807) is 6.07 Å². The second kappa shape index (κ2) is 4.54. The molecule has 0 amide bonds. The van der Waals surface area contributed by atoms with Crippen LogP contribution in [0.15, 0.2) is 22.7 Å². The van der Waals surface area contributed by atoms with Crippen molar-refractivity contribution in [3.05, 3.63) is 33.5 Å². The highest BCUT2D eigenvalue weighted by atomic mass is 79.9. The summed E-state index contributed by atoms with van der Waals surface area (Å²) in [6, 6.07) is 4.51. The van der Waals surface area contributed by atoms with Crippen molar-refractivity contribution < 1.29 is 4.39 Å². The van der Waals surface area contributed by atoms with Gasteiger partial charge in [-0.2, -0.15) is 0 Å². The predicted octanol–water partition coefficient (Wildman–Crippen LogP) is 2.33. The van der Waals surface area contributed by atoms with Gasteiger partial charge in [0.1, 0.15) is 5.82 Å². The van der Waals surface area contributed by atoms with Crippen molar-refractivity contribution in [3.8, 4) is 0 Å². The quantitative estimate of drug-likeness (QED) is 0.478. The number of hydrogen-bond acceptors (Lipinski definition) is 0. The molecule has 1 aromatic rings. The van der Waals surface area contributed by atoms with Crippen LogP contribution in [0.3, 0.4) is 0 Å². The summed E-state index contributed by atoms with van der Waals surface area (Å²) in [5.74, 6) is -0.397. The summed E-state index contributed by atoms with van der Waals surface area (Å²) in [5.41, 5.74) is 0. The van der Waals surface area contributed by atoms with Gasteiger partial charge in [0.05, 0.1) is 5.02 Å². The molecule has 0 saturated heterocycles. The molecule has 0 aliphatic rings. The molecule has 0 nitrogen and oxygen atoms in total. The summed E-state index contributed by atoms with van der Waals surface area (Å²) in [4.78, 5) is 0. The Bertz CT molecular complexity index is 229. The Morgan fingerprint density at radius 2 is 2.00 bits per heavy atom. The van der Waals surface area contributed by atoms with E-state index in [0.717, 1.165) is 0 Å². The van der Waals surface area contributed by atoms with E-state index in [1.807, 2.05) is 0 Å². The molecule has 0 atom stereocenters. The standard InChI is InChI=1S/C6H3BrClF.Mg.2H/c7-4-1-2-5(8)6(9)3-4;;;/h1-3H;;;. The number of rotatable bonds is 0. The van der Waals surface area contributed by atoms with Crippen LogP contribution in [-0.4, -0.2) is 23.1 Å². The van der Waals surface area contributed by atoms with Crippen LogP contribution >= 0.6 is 27.5 Å². The number of halogens is 3. The monoisotopic (exact) mass is 234 g/mol. The Kier molecular flexibility index (Phi) is 4.85. The largest absolute Gasteiger partial charge is 0.316 e. The normalized spacial score (nSPS) is 8.70. The van der Waals surface area contributed by atoms with Crippen LogP contribution in [0.4, 0.5) is 4.39 Å². The third kappa shape index (κ3) is 2.74. The first-order chi connectivity index (χ1) is 4.20. The van der Waals surface area contributed by atoms with Crippen LogP contribution in [0.5, 0.6) is 0 Å². The molecule has 0 spiro atoms. The average molecular weight is 236 g/mol. The molecule has 52 valence electrons. The van der Waals surface area contributed by atoms with Crippen molar-refractivity contribution in [2.75, 3.05) is 0 Å². The van der Waals surface area contributed by atoms with Gasteiger partial charge in [0.2, 0.25) is 0 Å². The van der Waals surface area contributed by atoms with Crippen LogP contribution in [0.1, 0.15) is 0 Å². The lowest BCUT2D eigenvalue weighted by Crippen LogP contribution is -1.73. The third-order valence-corrected chi connectivity index (χ3v) is 1.68. The van der Waals surface area contributed by atoms with Gasteiger partial charge in [0, 0.05) is 4.47 Å². The third-order valence-electron chi connectivity index (χ3n) is 0.882. The van der Waals surface area contributed by atoms with Gasteiger partial charge in [-0.1, -0.05) is 27.5 Å². The zero-order valence-corrected chi connectivity index (χ0v) is 6.71. The van der Waals surface area contributed by atoms with Gasteiger partial charge < -0.3 is 0 Å². The van der Waals surface area contributed by atoms with E-state index in [9.17, 15) is 4.39 Å². The molecule has 0 aromatic heterocycles. The fraction of sp³-hybridized carbons (Fsp3) is 0. The van der Waals surface area contributed by atoms with Crippen molar-refractivity contribution in [1.29, 1.82) is 0 Å². The summed E-state index contributed by atoms with van der Waals surface area (Å²) >= 11 is 8.48. The van der Waals surface area contributed by atoms with Crippen LogP contribution in [0, 0.1) is 5.82 Å². The molecule has 1 aromatic carbocycles. The summed E-state index contributed by atoms with van der Waals surface area (Å²) in [6.45, 7) is 0. The van der Waals surface area contributed by atoms with Crippen molar-refractivity contribution in [1.82, 2.24) is 0 Å². The first-order valence-electron chi connectivity index (χ1n) is 2.30. The Hall–Kier alpha value is 0.686. The summed E-state index contributed by atoms with van der Waals surface area (Å²) in [5, 5.41) is 0.151. The maximum absolute atomic E-state index is 12.4. The highest BCUT2D eigenvalue weighted by Gasteiger charge is 1.96. The van der Waals surface area contributed by atoms with Crippen molar-refractivity contribution in [2.45, 2.75) is 0 Å². The van der Waals surface area contributed by atoms with E-state index in [-0.39, 0.29) is 28.1 Å². The Balaban J connectivity index is 0.000000810. The van der Waals surface area contributed by atoms with Crippen LogP contribution in [-0.2, 0) is 0 Å². The average Bonchev–Trinajstić information content (AvgIpc) is 1.80. The minimum atomic E-state index is -0.397. The molecular formula is C6H5BrClFMg. The van der Waals surface area contributed by atoms with Crippen LogP contribution < -0.4 is 0 Å². The predicted molar refractivity (Wildman–Crippen MR) is 47.7 cm³/mol. The van der Waals surface area contributed by atoms with Crippen LogP contribution in [0.25, 0.3) is 0 Å². The first-order valence-corrected chi connectivity index (χ1v) is 3.48. The van der Waals surface area contributed by atoms with E-state index in [0.29, 0.717) is 4.47 Å². The number of hydrogen-bond donors (Lipinski definition) is 0. The molecule has 1 rings (SSSR count). The van der Waals surface area contributed by atoms with Gasteiger partial charge in [-0.25, -0.2) is 4.39 Å². The first kappa shape index (κ1) is 10.7. The van der Waals surface area contributed by atoms with E-state index in [1.165, 1.54) is 12.1 Å². The Morgan fingerprint density at radius 1 is 1.40 bits per heavy atom. The van der Waals surface area contributed by atoms with E-state index >= 15 is 0 Å². The molecule has 0 radical (unpaired) electrons. The smallest absolute Gasteiger partial charge is 0.205 e. The molecule has 0 fully saturated rings. The van der Waals surface area contributed by atoms with Crippen molar-refractivity contribution >= 4 is 50.6 Å². The molecule has 0 saturated carbocycles. The van der Waals surface area contributed by atoms with Gasteiger partial charge in [-0.05, 0) is 18.2 Å². The van der Waals surface area contributed by atoms with Gasteiger partial charge >= 0.3 is 23.1 Å². The topological polar surface area (TPSA) is 0 Å². The zero-order chi connectivity index (χ0) is 6.85. The lowest BCUT2D eigenvalue weighted by Gasteiger charge is -1.91. The van der Waals surface area contributed by atoms with Gasteiger partial charge in [-0.15, -0.1) is 0 Å². The van der Waals surface area contributed by atoms with Crippen molar-refractivity contribution in [3.63, 3.8) is 0 Å². The molecule has 4 heteroatoms. The molecule has 0 aliphatic heterocycles. The fourth-order valence-electron chi connectivity index (χ4n) is 0.470.